The van der Waals surface area contributed by atoms with E-state index in [1.165, 1.54) is 5.56 Å². The van der Waals surface area contributed by atoms with Gasteiger partial charge in [0, 0.05) is 12.5 Å². The number of benzene rings is 1. The lowest BCUT2D eigenvalue weighted by Crippen LogP contribution is -2.17. The van der Waals surface area contributed by atoms with E-state index >= 15 is 0 Å². The minimum Gasteiger partial charge on any atom is -0.493 e. The molecule has 19 heavy (non-hydrogen) atoms. The van der Waals surface area contributed by atoms with Crippen LogP contribution in [0.2, 0.25) is 0 Å². The Bertz CT molecular complexity index is 415. The summed E-state index contributed by atoms with van der Waals surface area (Å²) in [4.78, 5) is 0. The van der Waals surface area contributed by atoms with Crippen LogP contribution in [0.25, 0.3) is 0 Å². The van der Waals surface area contributed by atoms with E-state index in [-0.39, 0.29) is 0 Å². The maximum atomic E-state index is 5.73. The molecule has 1 atom stereocenters. The van der Waals surface area contributed by atoms with Gasteiger partial charge in [-0.25, -0.2) is 0 Å². The standard InChI is InChI=1S/C16H25NO2/c1-6-17-13(4)14-7-8-15(16(11-14)18-5)19-10-9-12(2)3/h7-8,11,13,17H,2,6,9-10H2,1,3-5H3. The maximum absolute atomic E-state index is 5.73. The zero-order chi connectivity index (χ0) is 14.3. The van der Waals surface area contributed by atoms with Crippen molar-refractivity contribution in [3.63, 3.8) is 0 Å². The van der Waals surface area contributed by atoms with E-state index in [2.05, 4.69) is 31.8 Å². The second kappa shape index (κ2) is 7.85. The third-order valence-corrected chi connectivity index (χ3v) is 2.98. The molecule has 0 aliphatic heterocycles. The zero-order valence-corrected chi connectivity index (χ0v) is 12.5. The Morgan fingerprint density at radius 1 is 1.37 bits per heavy atom. The molecule has 1 N–H and O–H groups in total. The van der Waals surface area contributed by atoms with Crippen molar-refractivity contribution in [3.8, 4) is 11.5 Å². The average Bonchev–Trinajstić information content (AvgIpc) is 2.38. The van der Waals surface area contributed by atoms with Crippen LogP contribution in [0.1, 0.15) is 38.8 Å². The van der Waals surface area contributed by atoms with E-state index in [9.17, 15) is 0 Å². The van der Waals surface area contributed by atoms with E-state index in [1.807, 2.05) is 19.1 Å². The third-order valence-electron chi connectivity index (χ3n) is 2.98. The quantitative estimate of drug-likeness (QED) is 0.725. The van der Waals surface area contributed by atoms with Crippen molar-refractivity contribution in [2.45, 2.75) is 33.2 Å². The van der Waals surface area contributed by atoms with Crippen molar-refractivity contribution in [1.82, 2.24) is 5.32 Å². The van der Waals surface area contributed by atoms with Gasteiger partial charge in [0.05, 0.1) is 13.7 Å². The summed E-state index contributed by atoms with van der Waals surface area (Å²) in [5.41, 5.74) is 2.32. The topological polar surface area (TPSA) is 30.5 Å². The predicted octanol–water partition coefficient (Wildman–Crippen LogP) is 3.71. The van der Waals surface area contributed by atoms with Crippen LogP contribution in [0.15, 0.2) is 30.4 Å². The second-order valence-electron chi connectivity index (χ2n) is 4.75. The molecule has 0 saturated heterocycles. The summed E-state index contributed by atoms with van der Waals surface area (Å²) < 4.78 is 11.1. The molecule has 0 spiro atoms. The first-order valence-corrected chi connectivity index (χ1v) is 6.77. The van der Waals surface area contributed by atoms with Gasteiger partial charge in [-0.05, 0) is 38.1 Å². The van der Waals surface area contributed by atoms with Crippen molar-refractivity contribution >= 4 is 0 Å². The van der Waals surface area contributed by atoms with Crippen molar-refractivity contribution in [1.29, 1.82) is 0 Å². The lowest BCUT2D eigenvalue weighted by Gasteiger charge is -2.16. The molecule has 0 radical (unpaired) electrons. The number of rotatable bonds is 8. The molecule has 0 amide bonds. The van der Waals surface area contributed by atoms with Crippen LogP contribution in [0.4, 0.5) is 0 Å². The largest absolute Gasteiger partial charge is 0.493 e. The molecular weight excluding hydrogens is 238 g/mol. The SMILES string of the molecule is C=C(C)CCOc1ccc(C(C)NCC)cc1OC. The average molecular weight is 263 g/mol. The number of ether oxygens (including phenoxy) is 2. The van der Waals surface area contributed by atoms with Crippen LogP contribution >= 0.6 is 0 Å². The molecule has 1 rings (SSSR count). The smallest absolute Gasteiger partial charge is 0.161 e. The maximum Gasteiger partial charge on any atom is 0.161 e. The lowest BCUT2D eigenvalue weighted by molar-refractivity contribution is 0.297. The van der Waals surface area contributed by atoms with E-state index in [4.69, 9.17) is 9.47 Å². The van der Waals surface area contributed by atoms with Gasteiger partial charge in [0.25, 0.3) is 0 Å². The van der Waals surface area contributed by atoms with Crippen LogP contribution in [0, 0.1) is 0 Å². The molecule has 106 valence electrons. The summed E-state index contributed by atoms with van der Waals surface area (Å²) in [5.74, 6) is 1.57. The molecule has 0 heterocycles. The zero-order valence-electron chi connectivity index (χ0n) is 12.5. The van der Waals surface area contributed by atoms with E-state index < -0.39 is 0 Å². The molecule has 1 aromatic carbocycles. The van der Waals surface area contributed by atoms with Gasteiger partial charge in [-0.15, -0.1) is 6.58 Å². The van der Waals surface area contributed by atoms with Crippen LogP contribution in [-0.4, -0.2) is 20.3 Å². The minimum atomic E-state index is 0.309. The van der Waals surface area contributed by atoms with Gasteiger partial charge in [0.2, 0.25) is 0 Å². The summed E-state index contributed by atoms with van der Waals surface area (Å²) in [6, 6.07) is 6.39. The van der Waals surface area contributed by atoms with Gasteiger partial charge < -0.3 is 14.8 Å². The second-order valence-corrected chi connectivity index (χ2v) is 4.75. The summed E-state index contributed by atoms with van der Waals surface area (Å²) in [6.07, 6.45) is 0.860. The Kier molecular flexibility index (Phi) is 6.43. The highest BCUT2D eigenvalue weighted by atomic mass is 16.5. The minimum absolute atomic E-state index is 0.309. The highest BCUT2D eigenvalue weighted by molar-refractivity contribution is 5.43. The highest BCUT2D eigenvalue weighted by Gasteiger charge is 2.09. The molecule has 1 unspecified atom stereocenters. The predicted molar refractivity (Wildman–Crippen MR) is 80.0 cm³/mol. The normalized spacial score (nSPS) is 12.0. The van der Waals surface area contributed by atoms with Crippen molar-refractivity contribution < 1.29 is 9.47 Å². The molecular formula is C16H25NO2. The summed E-state index contributed by atoms with van der Waals surface area (Å²) in [7, 11) is 1.67. The molecule has 0 fully saturated rings. The first-order valence-electron chi connectivity index (χ1n) is 6.77. The number of hydrogen-bond acceptors (Lipinski definition) is 3. The molecule has 1 aromatic rings. The van der Waals surface area contributed by atoms with E-state index in [0.717, 1.165) is 30.0 Å². The Morgan fingerprint density at radius 3 is 2.68 bits per heavy atom. The molecule has 0 bridgehead atoms. The van der Waals surface area contributed by atoms with Crippen LogP contribution in [-0.2, 0) is 0 Å². The van der Waals surface area contributed by atoms with Crippen LogP contribution in [0.5, 0.6) is 11.5 Å². The van der Waals surface area contributed by atoms with Gasteiger partial charge in [0.1, 0.15) is 0 Å². The van der Waals surface area contributed by atoms with E-state index in [0.29, 0.717) is 12.6 Å². The van der Waals surface area contributed by atoms with Crippen molar-refractivity contribution in [2.75, 3.05) is 20.3 Å². The van der Waals surface area contributed by atoms with E-state index in [1.54, 1.807) is 7.11 Å². The Labute approximate surface area is 116 Å². The van der Waals surface area contributed by atoms with Crippen LogP contribution in [0.3, 0.4) is 0 Å². The molecule has 0 saturated carbocycles. The lowest BCUT2D eigenvalue weighted by atomic mass is 10.1. The monoisotopic (exact) mass is 263 g/mol. The fraction of sp³-hybridized carbons (Fsp3) is 0.500. The molecule has 0 aliphatic carbocycles. The van der Waals surface area contributed by atoms with Gasteiger partial charge in [-0.3, -0.25) is 0 Å². The highest BCUT2D eigenvalue weighted by Crippen LogP contribution is 2.30. The molecule has 3 nitrogen and oxygen atoms in total. The van der Waals surface area contributed by atoms with Gasteiger partial charge in [-0.1, -0.05) is 18.6 Å². The number of methoxy groups -OCH3 is 1. The summed E-state index contributed by atoms with van der Waals surface area (Å²) in [5, 5.41) is 3.38. The molecule has 0 aliphatic rings. The Morgan fingerprint density at radius 2 is 2.11 bits per heavy atom. The first kappa shape index (κ1) is 15.6. The van der Waals surface area contributed by atoms with Gasteiger partial charge >= 0.3 is 0 Å². The Hall–Kier alpha value is -1.48. The van der Waals surface area contributed by atoms with Gasteiger partial charge in [0.15, 0.2) is 11.5 Å². The molecule has 0 aromatic heterocycles. The summed E-state index contributed by atoms with van der Waals surface area (Å²) >= 11 is 0. The number of hydrogen-bond donors (Lipinski definition) is 1. The van der Waals surface area contributed by atoms with Crippen molar-refractivity contribution in [2.24, 2.45) is 0 Å². The molecule has 3 heteroatoms. The van der Waals surface area contributed by atoms with Crippen molar-refractivity contribution in [3.05, 3.63) is 35.9 Å². The fourth-order valence-electron chi connectivity index (χ4n) is 1.83. The van der Waals surface area contributed by atoms with Crippen LogP contribution < -0.4 is 14.8 Å². The fourth-order valence-corrected chi connectivity index (χ4v) is 1.83. The first-order chi connectivity index (χ1) is 9.08. The van der Waals surface area contributed by atoms with Gasteiger partial charge in [-0.2, -0.15) is 0 Å². The summed E-state index contributed by atoms with van der Waals surface area (Å²) in [6.45, 7) is 11.7. The third kappa shape index (κ3) is 4.95. The number of nitrogens with one attached hydrogen (secondary N) is 1. The Balaban J connectivity index is 2.75.